The van der Waals surface area contributed by atoms with Crippen LogP contribution >= 0.6 is 0 Å². The van der Waals surface area contributed by atoms with Gasteiger partial charge in [-0.15, -0.1) is 0 Å². The number of hydrogen-bond donors (Lipinski definition) is 1. The molecule has 0 saturated heterocycles. The summed E-state index contributed by atoms with van der Waals surface area (Å²) in [6.07, 6.45) is 7.71. The fraction of sp³-hybridized carbons (Fsp3) is 0.462. The Morgan fingerprint density at radius 3 is 2.78 bits per heavy atom. The molecule has 2 aromatic rings. The Kier molecular flexibility index (Phi) is 2.83. The minimum atomic E-state index is -0.182. The highest BCUT2D eigenvalue weighted by molar-refractivity contribution is 5.69. The number of nitrogens with two attached hydrogens (primary N) is 1. The summed E-state index contributed by atoms with van der Waals surface area (Å²) in [6, 6.07) is 3.68. The SMILES string of the molecule is NC1(COc2ccc3nccnc3n2)CCCC1. The summed E-state index contributed by atoms with van der Waals surface area (Å²) in [7, 11) is 0. The van der Waals surface area contributed by atoms with E-state index < -0.39 is 0 Å². The van der Waals surface area contributed by atoms with Crippen molar-refractivity contribution in [2.24, 2.45) is 5.73 Å². The summed E-state index contributed by atoms with van der Waals surface area (Å²) < 4.78 is 5.70. The van der Waals surface area contributed by atoms with Crippen LogP contribution in [-0.2, 0) is 0 Å². The zero-order valence-electron chi connectivity index (χ0n) is 10.2. The highest BCUT2D eigenvalue weighted by Crippen LogP contribution is 2.27. The lowest BCUT2D eigenvalue weighted by Crippen LogP contribution is -2.42. The predicted molar refractivity (Wildman–Crippen MR) is 68.2 cm³/mol. The van der Waals surface area contributed by atoms with Crippen molar-refractivity contribution in [3.63, 3.8) is 0 Å². The van der Waals surface area contributed by atoms with E-state index in [0.29, 0.717) is 18.1 Å². The van der Waals surface area contributed by atoms with E-state index in [2.05, 4.69) is 15.0 Å². The van der Waals surface area contributed by atoms with Crippen LogP contribution in [0.4, 0.5) is 0 Å². The Hall–Kier alpha value is -1.75. The van der Waals surface area contributed by atoms with Crippen LogP contribution in [0.1, 0.15) is 25.7 Å². The van der Waals surface area contributed by atoms with Crippen molar-refractivity contribution in [1.82, 2.24) is 15.0 Å². The number of nitrogens with zero attached hydrogens (tertiary/aromatic N) is 3. The first-order valence-corrected chi connectivity index (χ1v) is 6.25. The van der Waals surface area contributed by atoms with E-state index in [4.69, 9.17) is 10.5 Å². The molecule has 1 fully saturated rings. The van der Waals surface area contributed by atoms with Gasteiger partial charge in [-0.2, -0.15) is 4.98 Å². The van der Waals surface area contributed by atoms with Crippen molar-refractivity contribution in [2.45, 2.75) is 31.2 Å². The zero-order chi connectivity index (χ0) is 12.4. The standard InChI is InChI=1S/C13H16N4O/c14-13(5-1-2-6-13)9-18-11-4-3-10-12(17-11)16-8-7-15-10/h3-4,7-8H,1-2,5-6,9,14H2. The molecule has 0 bridgehead atoms. The normalized spacial score (nSPS) is 18.1. The van der Waals surface area contributed by atoms with Crippen molar-refractivity contribution < 1.29 is 4.74 Å². The summed E-state index contributed by atoms with van der Waals surface area (Å²) in [5.41, 5.74) is 7.43. The molecule has 2 N–H and O–H groups in total. The van der Waals surface area contributed by atoms with Crippen molar-refractivity contribution in [1.29, 1.82) is 0 Å². The average Bonchev–Trinajstić information content (AvgIpc) is 2.84. The Balaban J connectivity index is 1.74. The molecule has 2 aromatic heterocycles. The van der Waals surface area contributed by atoms with Crippen LogP contribution in [0.5, 0.6) is 5.88 Å². The molecule has 1 saturated carbocycles. The maximum absolute atomic E-state index is 6.24. The van der Waals surface area contributed by atoms with Crippen LogP contribution < -0.4 is 10.5 Å². The minimum Gasteiger partial charge on any atom is -0.476 e. The highest BCUT2D eigenvalue weighted by atomic mass is 16.5. The first kappa shape index (κ1) is 11.3. The van der Waals surface area contributed by atoms with Crippen molar-refractivity contribution >= 4 is 11.2 Å². The number of ether oxygens (including phenoxy) is 1. The van der Waals surface area contributed by atoms with Gasteiger partial charge < -0.3 is 10.5 Å². The number of hydrogen-bond acceptors (Lipinski definition) is 5. The zero-order valence-corrected chi connectivity index (χ0v) is 10.2. The van der Waals surface area contributed by atoms with Crippen LogP contribution in [0, 0.1) is 0 Å². The third kappa shape index (κ3) is 2.26. The van der Waals surface area contributed by atoms with Crippen LogP contribution in [-0.4, -0.2) is 27.1 Å². The monoisotopic (exact) mass is 244 g/mol. The first-order chi connectivity index (χ1) is 8.75. The number of aromatic nitrogens is 3. The average molecular weight is 244 g/mol. The van der Waals surface area contributed by atoms with Gasteiger partial charge in [0, 0.05) is 18.5 Å². The molecule has 0 aromatic carbocycles. The van der Waals surface area contributed by atoms with E-state index in [1.54, 1.807) is 12.4 Å². The van der Waals surface area contributed by atoms with Crippen molar-refractivity contribution in [3.8, 4) is 5.88 Å². The van der Waals surface area contributed by atoms with Gasteiger partial charge in [-0.3, -0.25) is 4.98 Å². The van der Waals surface area contributed by atoms with Gasteiger partial charge in [-0.05, 0) is 18.9 Å². The highest BCUT2D eigenvalue weighted by Gasteiger charge is 2.30. The van der Waals surface area contributed by atoms with Gasteiger partial charge in [-0.1, -0.05) is 12.8 Å². The van der Waals surface area contributed by atoms with Crippen LogP contribution in [0.25, 0.3) is 11.2 Å². The van der Waals surface area contributed by atoms with E-state index in [-0.39, 0.29) is 5.54 Å². The summed E-state index contributed by atoms with van der Waals surface area (Å²) >= 11 is 0. The molecule has 94 valence electrons. The van der Waals surface area contributed by atoms with Crippen LogP contribution in [0.15, 0.2) is 24.5 Å². The summed E-state index contributed by atoms with van der Waals surface area (Å²) in [6.45, 7) is 0.520. The maximum atomic E-state index is 6.24. The summed E-state index contributed by atoms with van der Waals surface area (Å²) in [5.74, 6) is 0.569. The topological polar surface area (TPSA) is 73.9 Å². The fourth-order valence-electron chi connectivity index (χ4n) is 2.36. The van der Waals surface area contributed by atoms with Gasteiger partial charge in [0.2, 0.25) is 5.88 Å². The molecule has 0 amide bonds. The Labute approximate surface area is 105 Å². The van der Waals surface area contributed by atoms with Crippen molar-refractivity contribution in [2.75, 3.05) is 6.61 Å². The fourth-order valence-corrected chi connectivity index (χ4v) is 2.36. The second-order valence-electron chi connectivity index (χ2n) is 4.91. The van der Waals surface area contributed by atoms with Crippen LogP contribution in [0.3, 0.4) is 0 Å². The van der Waals surface area contributed by atoms with Gasteiger partial charge in [0.15, 0.2) is 5.65 Å². The molecule has 5 heteroatoms. The second-order valence-corrected chi connectivity index (χ2v) is 4.91. The van der Waals surface area contributed by atoms with E-state index >= 15 is 0 Å². The molecule has 2 heterocycles. The van der Waals surface area contributed by atoms with E-state index in [1.807, 2.05) is 12.1 Å². The van der Waals surface area contributed by atoms with Gasteiger partial charge >= 0.3 is 0 Å². The molecular weight excluding hydrogens is 228 g/mol. The lowest BCUT2D eigenvalue weighted by Gasteiger charge is -2.23. The largest absolute Gasteiger partial charge is 0.476 e. The Bertz CT molecular complexity index is 551. The van der Waals surface area contributed by atoms with Gasteiger partial charge in [-0.25, -0.2) is 4.98 Å². The van der Waals surface area contributed by atoms with Gasteiger partial charge in [0.25, 0.3) is 0 Å². The van der Waals surface area contributed by atoms with E-state index in [9.17, 15) is 0 Å². The number of pyridine rings is 1. The molecule has 3 rings (SSSR count). The third-order valence-electron chi connectivity index (χ3n) is 3.41. The molecule has 0 radical (unpaired) electrons. The molecular formula is C13H16N4O. The first-order valence-electron chi connectivity index (χ1n) is 6.25. The number of fused-ring (bicyclic) bond motifs is 1. The predicted octanol–water partition coefficient (Wildman–Crippen LogP) is 1.68. The molecule has 5 nitrogen and oxygen atoms in total. The maximum Gasteiger partial charge on any atom is 0.215 e. The smallest absolute Gasteiger partial charge is 0.215 e. The minimum absolute atomic E-state index is 0.182. The van der Waals surface area contributed by atoms with E-state index in [1.165, 1.54) is 12.8 Å². The molecule has 0 atom stereocenters. The number of rotatable bonds is 3. The third-order valence-corrected chi connectivity index (χ3v) is 3.41. The van der Waals surface area contributed by atoms with Gasteiger partial charge in [0.1, 0.15) is 12.1 Å². The Morgan fingerprint density at radius 1 is 1.17 bits per heavy atom. The second kappa shape index (κ2) is 4.49. The molecule has 0 unspecified atom stereocenters. The molecule has 0 aliphatic heterocycles. The summed E-state index contributed by atoms with van der Waals surface area (Å²) in [4.78, 5) is 12.6. The lowest BCUT2D eigenvalue weighted by molar-refractivity contribution is 0.214. The van der Waals surface area contributed by atoms with E-state index in [0.717, 1.165) is 18.4 Å². The molecule has 18 heavy (non-hydrogen) atoms. The van der Waals surface area contributed by atoms with Gasteiger partial charge in [0.05, 0.1) is 5.54 Å². The molecule has 1 aliphatic carbocycles. The molecule has 1 aliphatic rings. The molecule has 0 spiro atoms. The Morgan fingerprint density at radius 2 is 1.94 bits per heavy atom. The van der Waals surface area contributed by atoms with Crippen LogP contribution in [0.2, 0.25) is 0 Å². The quantitative estimate of drug-likeness (QED) is 0.889. The lowest BCUT2D eigenvalue weighted by atomic mass is 10.0. The van der Waals surface area contributed by atoms with Crippen molar-refractivity contribution in [3.05, 3.63) is 24.5 Å². The summed E-state index contributed by atoms with van der Waals surface area (Å²) in [5, 5.41) is 0.